The third kappa shape index (κ3) is 3.26. The van der Waals surface area contributed by atoms with Gasteiger partial charge in [0.25, 0.3) is 0 Å². The average molecular weight is 240 g/mol. The summed E-state index contributed by atoms with van der Waals surface area (Å²) in [6, 6.07) is 6.33. The van der Waals surface area contributed by atoms with Gasteiger partial charge >= 0.3 is 0 Å². The molecule has 1 N–H and O–H groups in total. The first kappa shape index (κ1) is 13.1. The zero-order valence-corrected chi connectivity index (χ0v) is 10.7. The SMILES string of the molecule is C=CC(C)NC(C)c1ccc(OC)c(Cl)c1. The van der Waals surface area contributed by atoms with Crippen molar-refractivity contribution in [1.29, 1.82) is 0 Å². The molecular weight excluding hydrogens is 222 g/mol. The van der Waals surface area contributed by atoms with Crippen molar-refractivity contribution in [3.63, 3.8) is 0 Å². The second-order valence-corrected chi connectivity index (χ2v) is 4.21. The molecule has 0 aliphatic carbocycles. The van der Waals surface area contributed by atoms with Gasteiger partial charge in [-0.1, -0.05) is 23.7 Å². The van der Waals surface area contributed by atoms with E-state index in [-0.39, 0.29) is 12.1 Å². The molecule has 3 heteroatoms. The van der Waals surface area contributed by atoms with Crippen molar-refractivity contribution in [3.05, 3.63) is 41.4 Å². The molecule has 0 saturated carbocycles. The van der Waals surface area contributed by atoms with Crippen molar-refractivity contribution < 1.29 is 4.74 Å². The Kier molecular flexibility index (Phi) is 4.84. The lowest BCUT2D eigenvalue weighted by Gasteiger charge is -2.18. The summed E-state index contributed by atoms with van der Waals surface area (Å²) in [5, 5.41) is 4.03. The standard InChI is InChI=1S/C13H18ClNO/c1-5-9(2)15-10(3)11-6-7-13(16-4)12(14)8-11/h5-10,15H,1H2,2-4H3. The first-order chi connectivity index (χ1) is 7.58. The van der Waals surface area contributed by atoms with Gasteiger partial charge in [0.1, 0.15) is 5.75 Å². The molecule has 0 radical (unpaired) electrons. The largest absolute Gasteiger partial charge is 0.495 e. The topological polar surface area (TPSA) is 21.3 Å². The van der Waals surface area contributed by atoms with Gasteiger partial charge in [-0.2, -0.15) is 0 Å². The summed E-state index contributed by atoms with van der Waals surface area (Å²) in [4.78, 5) is 0. The molecule has 0 aliphatic rings. The lowest BCUT2D eigenvalue weighted by atomic mass is 10.1. The van der Waals surface area contributed by atoms with Gasteiger partial charge in [-0.15, -0.1) is 6.58 Å². The lowest BCUT2D eigenvalue weighted by molar-refractivity contribution is 0.414. The molecule has 0 amide bonds. The van der Waals surface area contributed by atoms with Crippen LogP contribution in [0.25, 0.3) is 0 Å². The molecule has 0 spiro atoms. The number of rotatable bonds is 5. The monoisotopic (exact) mass is 239 g/mol. The minimum Gasteiger partial charge on any atom is -0.495 e. The van der Waals surface area contributed by atoms with Gasteiger partial charge < -0.3 is 10.1 Å². The maximum atomic E-state index is 6.07. The van der Waals surface area contributed by atoms with E-state index >= 15 is 0 Å². The number of benzene rings is 1. The van der Waals surface area contributed by atoms with Crippen LogP contribution in [0.2, 0.25) is 5.02 Å². The predicted molar refractivity (Wildman–Crippen MR) is 69.2 cm³/mol. The molecule has 1 aromatic carbocycles. The fourth-order valence-electron chi connectivity index (χ4n) is 1.51. The fraction of sp³-hybridized carbons (Fsp3) is 0.385. The summed E-state index contributed by atoms with van der Waals surface area (Å²) in [6.07, 6.45) is 1.88. The first-order valence-electron chi connectivity index (χ1n) is 5.30. The van der Waals surface area contributed by atoms with Gasteiger partial charge in [-0.05, 0) is 31.5 Å². The number of halogens is 1. The van der Waals surface area contributed by atoms with Crippen molar-refractivity contribution in [1.82, 2.24) is 5.32 Å². The van der Waals surface area contributed by atoms with Crippen LogP contribution in [0.3, 0.4) is 0 Å². The normalized spacial score (nSPS) is 14.2. The maximum absolute atomic E-state index is 6.07. The molecule has 2 unspecified atom stereocenters. The molecular formula is C13H18ClNO. The molecule has 2 nitrogen and oxygen atoms in total. The van der Waals surface area contributed by atoms with Crippen LogP contribution < -0.4 is 10.1 Å². The summed E-state index contributed by atoms with van der Waals surface area (Å²) >= 11 is 6.07. The maximum Gasteiger partial charge on any atom is 0.137 e. The van der Waals surface area contributed by atoms with E-state index in [1.165, 1.54) is 0 Å². The van der Waals surface area contributed by atoms with Crippen molar-refractivity contribution in [2.24, 2.45) is 0 Å². The second kappa shape index (κ2) is 5.92. The smallest absolute Gasteiger partial charge is 0.137 e. The van der Waals surface area contributed by atoms with E-state index in [4.69, 9.17) is 16.3 Å². The Morgan fingerprint density at radius 1 is 1.44 bits per heavy atom. The van der Waals surface area contributed by atoms with Gasteiger partial charge in [0, 0.05) is 12.1 Å². The summed E-state index contributed by atoms with van der Waals surface area (Å²) < 4.78 is 5.11. The van der Waals surface area contributed by atoms with E-state index in [0.717, 1.165) is 5.56 Å². The summed E-state index contributed by atoms with van der Waals surface area (Å²) in [5.74, 6) is 0.703. The van der Waals surface area contributed by atoms with Crippen molar-refractivity contribution in [2.75, 3.05) is 7.11 Å². The Hall–Kier alpha value is -0.990. The Morgan fingerprint density at radius 3 is 2.62 bits per heavy atom. The van der Waals surface area contributed by atoms with E-state index in [1.54, 1.807) is 7.11 Å². The van der Waals surface area contributed by atoms with Crippen LogP contribution >= 0.6 is 11.6 Å². The number of nitrogens with one attached hydrogen (secondary N) is 1. The number of hydrogen-bond acceptors (Lipinski definition) is 2. The molecule has 1 aromatic rings. The third-order valence-corrected chi connectivity index (χ3v) is 2.84. The van der Waals surface area contributed by atoms with E-state index < -0.39 is 0 Å². The number of hydrogen-bond donors (Lipinski definition) is 1. The van der Waals surface area contributed by atoms with Gasteiger partial charge in [0.15, 0.2) is 0 Å². The number of ether oxygens (including phenoxy) is 1. The average Bonchev–Trinajstić information content (AvgIpc) is 2.28. The Bertz CT molecular complexity index is 365. The fourth-order valence-corrected chi connectivity index (χ4v) is 1.78. The molecule has 1 rings (SSSR count). The minimum atomic E-state index is 0.233. The molecule has 2 atom stereocenters. The predicted octanol–water partition coefficient (Wildman–Crippen LogP) is 3.57. The zero-order valence-electron chi connectivity index (χ0n) is 9.96. The van der Waals surface area contributed by atoms with Crippen molar-refractivity contribution in [3.8, 4) is 5.75 Å². The highest BCUT2D eigenvalue weighted by molar-refractivity contribution is 6.32. The molecule has 0 heterocycles. The highest BCUT2D eigenvalue weighted by atomic mass is 35.5. The van der Waals surface area contributed by atoms with Crippen molar-refractivity contribution in [2.45, 2.75) is 25.9 Å². The molecule has 16 heavy (non-hydrogen) atoms. The second-order valence-electron chi connectivity index (χ2n) is 3.81. The highest BCUT2D eigenvalue weighted by Crippen LogP contribution is 2.27. The molecule has 0 aliphatic heterocycles. The highest BCUT2D eigenvalue weighted by Gasteiger charge is 2.09. The van der Waals surface area contributed by atoms with E-state index in [1.807, 2.05) is 24.3 Å². The van der Waals surface area contributed by atoms with E-state index in [0.29, 0.717) is 10.8 Å². The van der Waals surface area contributed by atoms with Crippen LogP contribution in [0.4, 0.5) is 0 Å². The van der Waals surface area contributed by atoms with Gasteiger partial charge in [-0.3, -0.25) is 0 Å². The zero-order chi connectivity index (χ0) is 12.1. The third-order valence-electron chi connectivity index (χ3n) is 2.54. The Morgan fingerprint density at radius 2 is 2.12 bits per heavy atom. The van der Waals surface area contributed by atoms with E-state index in [2.05, 4.69) is 25.7 Å². The van der Waals surface area contributed by atoms with Crippen LogP contribution in [0.1, 0.15) is 25.5 Å². The Balaban J connectivity index is 2.80. The molecule has 0 saturated heterocycles. The van der Waals surface area contributed by atoms with Crippen LogP contribution in [-0.4, -0.2) is 13.2 Å². The van der Waals surface area contributed by atoms with Gasteiger partial charge in [-0.25, -0.2) is 0 Å². The Labute approximate surface area is 102 Å². The molecule has 0 aromatic heterocycles. The molecule has 0 bridgehead atoms. The number of methoxy groups -OCH3 is 1. The summed E-state index contributed by atoms with van der Waals surface area (Å²) in [7, 11) is 1.61. The van der Waals surface area contributed by atoms with Crippen LogP contribution in [-0.2, 0) is 0 Å². The molecule has 0 fully saturated rings. The quantitative estimate of drug-likeness (QED) is 0.794. The van der Waals surface area contributed by atoms with Crippen LogP contribution in [0, 0.1) is 0 Å². The van der Waals surface area contributed by atoms with Gasteiger partial charge in [0.2, 0.25) is 0 Å². The van der Waals surface area contributed by atoms with Gasteiger partial charge in [0.05, 0.1) is 12.1 Å². The minimum absolute atomic E-state index is 0.233. The summed E-state index contributed by atoms with van der Waals surface area (Å²) in [6.45, 7) is 7.90. The lowest BCUT2D eigenvalue weighted by Crippen LogP contribution is -2.26. The summed E-state index contributed by atoms with van der Waals surface area (Å²) in [5.41, 5.74) is 1.14. The molecule has 88 valence electrons. The first-order valence-corrected chi connectivity index (χ1v) is 5.68. The van der Waals surface area contributed by atoms with Crippen LogP contribution in [0.15, 0.2) is 30.9 Å². The van der Waals surface area contributed by atoms with Crippen LogP contribution in [0.5, 0.6) is 5.75 Å². The van der Waals surface area contributed by atoms with Crippen molar-refractivity contribution >= 4 is 11.6 Å². The van der Waals surface area contributed by atoms with E-state index in [9.17, 15) is 0 Å².